The molecule has 1 aliphatic rings. The Bertz CT molecular complexity index is 346. The van der Waals surface area contributed by atoms with Gasteiger partial charge in [0.1, 0.15) is 0 Å². The Balaban J connectivity index is 1.77. The summed E-state index contributed by atoms with van der Waals surface area (Å²) in [5.74, 6) is 0. The number of hydrogen-bond donors (Lipinski definition) is 1. The van der Waals surface area contributed by atoms with Gasteiger partial charge < -0.3 is 14.6 Å². The fraction of sp³-hybridized carbons (Fsp3) is 0.750. The summed E-state index contributed by atoms with van der Waals surface area (Å²) in [6.45, 7) is 7.13. The van der Waals surface area contributed by atoms with E-state index >= 15 is 0 Å². The minimum Gasteiger partial charge on any atom is -0.396 e. The van der Waals surface area contributed by atoms with Crippen molar-refractivity contribution in [3.8, 4) is 0 Å². The molecular weight excluding hydrogens is 236 g/mol. The van der Waals surface area contributed by atoms with Crippen LogP contribution in [0.4, 0.5) is 0 Å². The van der Waals surface area contributed by atoms with Gasteiger partial charge in [0.05, 0.1) is 0 Å². The average molecular weight is 264 g/mol. The molecule has 0 saturated carbocycles. The molecule has 3 nitrogen and oxygen atoms in total. The molecule has 1 atom stereocenters. The molecule has 0 amide bonds. The van der Waals surface area contributed by atoms with E-state index in [1.807, 2.05) is 0 Å². The smallest absolute Gasteiger partial charge is 0.0499 e. The first-order valence-electron chi connectivity index (χ1n) is 7.72. The van der Waals surface area contributed by atoms with Gasteiger partial charge in [0.25, 0.3) is 0 Å². The number of aliphatic hydroxyl groups excluding tert-OH is 1. The van der Waals surface area contributed by atoms with Gasteiger partial charge in [0.2, 0.25) is 0 Å². The minimum absolute atomic E-state index is 0.181. The molecule has 0 aliphatic carbocycles. The van der Waals surface area contributed by atoms with Crippen LogP contribution in [0.5, 0.6) is 0 Å². The highest BCUT2D eigenvalue weighted by Gasteiger charge is 2.33. The molecule has 1 N–H and O–H groups in total. The standard InChI is InChI=1S/C16H28N2O/c1-2-7-16(15-19)8-5-11-18(14-16)13-6-12-17-9-3-4-10-17/h3-4,9-10,19H,2,5-8,11-15H2,1H3/t16-/m1/s1. The van der Waals surface area contributed by atoms with Gasteiger partial charge in [-0.15, -0.1) is 0 Å². The zero-order chi connectivity index (χ0) is 13.6. The first-order valence-corrected chi connectivity index (χ1v) is 7.72. The number of hydrogen-bond acceptors (Lipinski definition) is 2. The van der Waals surface area contributed by atoms with Gasteiger partial charge in [-0.1, -0.05) is 13.3 Å². The molecule has 2 rings (SSSR count). The van der Waals surface area contributed by atoms with E-state index in [9.17, 15) is 5.11 Å². The van der Waals surface area contributed by atoms with E-state index in [2.05, 4.69) is 40.9 Å². The van der Waals surface area contributed by atoms with Crippen LogP contribution in [0.25, 0.3) is 0 Å². The van der Waals surface area contributed by atoms with E-state index in [-0.39, 0.29) is 5.41 Å². The Morgan fingerprint density at radius 3 is 2.68 bits per heavy atom. The maximum atomic E-state index is 9.74. The molecule has 0 bridgehead atoms. The van der Waals surface area contributed by atoms with E-state index < -0.39 is 0 Å². The number of aromatic nitrogens is 1. The Morgan fingerprint density at radius 2 is 2.00 bits per heavy atom. The van der Waals surface area contributed by atoms with E-state index in [1.54, 1.807) is 0 Å². The highest BCUT2D eigenvalue weighted by Crippen LogP contribution is 2.34. The number of aliphatic hydroxyl groups is 1. The fourth-order valence-corrected chi connectivity index (χ4v) is 3.44. The predicted octanol–water partition coefficient (Wildman–Crippen LogP) is 2.75. The van der Waals surface area contributed by atoms with E-state index in [1.165, 1.54) is 32.2 Å². The highest BCUT2D eigenvalue weighted by atomic mass is 16.3. The molecule has 1 aromatic rings. The van der Waals surface area contributed by atoms with Gasteiger partial charge in [0, 0.05) is 37.5 Å². The second-order valence-corrected chi connectivity index (χ2v) is 6.06. The van der Waals surface area contributed by atoms with Crippen molar-refractivity contribution in [2.75, 3.05) is 26.2 Å². The lowest BCUT2D eigenvalue weighted by molar-refractivity contribution is 0.0242. The van der Waals surface area contributed by atoms with Crippen LogP contribution in [-0.4, -0.2) is 40.8 Å². The van der Waals surface area contributed by atoms with Crippen molar-refractivity contribution in [3.05, 3.63) is 24.5 Å². The van der Waals surface area contributed by atoms with Gasteiger partial charge >= 0.3 is 0 Å². The Morgan fingerprint density at radius 1 is 1.21 bits per heavy atom. The average Bonchev–Trinajstić information content (AvgIpc) is 2.93. The van der Waals surface area contributed by atoms with Crippen molar-refractivity contribution >= 4 is 0 Å². The molecule has 1 saturated heterocycles. The Labute approximate surface area is 117 Å². The third kappa shape index (κ3) is 4.08. The van der Waals surface area contributed by atoms with Crippen molar-refractivity contribution < 1.29 is 5.11 Å². The number of nitrogens with zero attached hydrogens (tertiary/aromatic N) is 2. The van der Waals surface area contributed by atoms with Crippen LogP contribution in [0.15, 0.2) is 24.5 Å². The van der Waals surface area contributed by atoms with Crippen LogP contribution in [0.1, 0.15) is 39.0 Å². The van der Waals surface area contributed by atoms with Crippen LogP contribution >= 0.6 is 0 Å². The van der Waals surface area contributed by atoms with Crippen molar-refractivity contribution in [1.29, 1.82) is 0 Å². The van der Waals surface area contributed by atoms with Gasteiger partial charge in [-0.25, -0.2) is 0 Å². The second-order valence-electron chi connectivity index (χ2n) is 6.06. The monoisotopic (exact) mass is 264 g/mol. The van der Waals surface area contributed by atoms with Crippen LogP contribution in [0.3, 0.4) is 0 Å². The van der Waals surface area contributed by atoms with E-state index in [4.69, 9.17) is 0 Å². The summed E-state index contributed by atoms with van der Waals surface area (Å²) < 4.78 is 2.25. The lowest BCUT2D eigenvalue weighted by atomic mass is 9.77. The molecule has 0 radical (unpaired) electrons. The lowest BCUT2D eigenvalue weighted by Crippen LogP contribution is -2.45. The SMILES string of the molecule is CCC[C@@]1(CO)CCCN(CCCn2cccc2)C1. The molecule has 0 aromatic carbocycles. The Hall–Kier alpha value is -0.800. The van der Waals surface area contributed by atoms with Crippen molar-refractivity contribution in [3.63, 3.8) is 0 Å². The number of aryl methyl sites for hydroxylation is 1. The molecular formula is C16H28N2O. The molecule has 19 heavy (non-hydrogen) atoms. The summed E-state index contributed by atoms with van der Waals surface area (Å²) in [5.41, 5.74) is 0.181. The summed E-state index contributed by atoms with van der Waals surface area (Å²) >= 11 is 0. The Kier molecular flexibility index (Phi) is 5.46. The third-order valence-electron chi connectivity index (χ3n) is 4.41. The summed E-state index contributed by atoms with van der Waals surface area (Å²) in [7, 11) is 0. The molecule has 108 valence electrons. The quantitative estimate of drug-likeness (QED) is 0.820. The van der Waals surface area contributed by atoms with Crippen molar-refractivity contribution in [2.24, 2.45) is 5.41 Å². The molecule has 1 aromatic heterocycles. The first-order chi connectivity index (χ1) is 9.28. The van der Waals surface area contributed by atoms with Crippen LogP contribution in [0.2, 0.25) is 0 Å². The number of rotatable bonds is 7. The van der Waals surface area contributed by atoms with Gasteiger partial charge in [-0.05, 0) is 50.9 Å². The maximum absolute atomic E-state index is 9.74. The largest absolute Gasteiger partial charge is 0.396 e. The summed E-state index contributed by atoms with van der Waals surface area (Å²) in [6.07, 6.45) is 10.2. The molecule has 1 fully saturated rings. The third-order valence-corrected chi connectivity index (χ3v) is 4.41. The van der Waals surface area contributed by atoms with E-state index in [0.29, 0.717) is 6.61 Å². The molecule has 1 aliphatic heterocycles. The van der Waals surface area contributed by atoms with Crippen LogP contribution < -0.4 is 0 Å². The minimum atomic E-state index is 0.181. The van der Waals surface area contributed by atoms with Crippen LogP contribution in [0, 0.1) is 5.41 Å². The molecule has 3 heteroatoms. The zero-order valence-electron chi connectivity index (χ0n) is 12.2. The normalized spacial score (nSPS) is 24.7. The predicted molar refractivity (Wildman–Crippen MR) is 79.1 cm³/mol. The topological polar surface area (TPSA) is 28.4 Å². The van der Waals surface area contributed by atoms with Gasteiger partial charge in [0.15, 0.2) is 0 Å². The fourth-order valence-electron chi connectivity index (χ4n) is 3.44. The summed E-state index contributed by atoms with van der Waals surface area (Å²) in [6, 6.07) is 4.16. The number of piperidine rings is 1. The molecule has 2 heterocycles. The first kappa shape index (κ1) is 14.6. The van der Waals surface area contributed by atoms with Gasteiger partial charge in [-0.2, -0.15) is 0 Å². The van der Waals surface area contributed by atoms with Gasteiger partial charge in [-0.3, -0.25) is 0 Å². The molecule has 0 spiro atoms. The highest BCUT2D eigenvalue weighted by molar-refractivity contribution is 4.90. The van der Waals surface area contributed by atoms with Crippen molar-refractivity contribution in [2.45, 2.75) is 45.6 Å². The zero-order valence-corrected chi connectivity index (χ0v) is 12.2. The number of likely N-dealkylation sites (tertiary alicyclic amines) is 1. The van der Waals surface area contributed by atoms with Crippen LogP contribution in [-0.2, 0) is 6.54 Å². The summed E-state index contributed by atoms with van der Waals surface area (Å²) in [4.78, 5) is 2.55. The summed E-state index contributed by atoms with van der Waals surface area (Å²) in [5, 5.41) is 9.74. The van der Waals surface area contributed by atoms with Crippen molar-refractivity contribution in [1.82, 2.24) is 9.47 Å². The lowest BCUT2D eigenvalue weighted by Gasteiger charge is -2.42. The second kappa shape index (κ2) is 7.11. The van der Waals surface area contributed by atoms with E-state index in [0.717, 1.165) is 26.1 Å². The maximum Gasteiger partial charge on any atom is 0.0499 e. The molecule has 0 unspecified atom stereocenters.